The first kappa shape index (κ1) is 15.1. The van der Waals surface area contributed by atoms with Gasteiger partial charge in [-0.3, -0.25) is 9.69 Å². The van der Waals surface area contributed by atoms with Crippen molar-refractivity contribution in [2.45, 2.75) is 76.8 Å². The van der Waals surface area contributed by atoms with Gasteiger partial charge in [0.1, 0.15) is 5.60 Å². The average Bonchev–Trinajstić information content (AvgIpc) is 2.44. The lowest BCUT2D eigenvalue weighted by atomic mass is 9.95. The lowest BCUT2D eigenvalue weighted by Crippen LogP contribution is -2.60. The predicted molar refractivity (Wildman–Crippen MR) is 72.8 cm³/mol. The number of hydrogen-bond acceptors (Lipinski definition) is 5. The Kier molecular flexibility index (Phi) is 3.71. The Hall–Kier alpha value is -1.30. The van der Waals surface area contributed by atoms with Gasteiger partial charge in [-0.2, -0.15) is 0 Å². The van der Waals surface area contributed by atoms with Gasteiger partial charge in [-0.1, -0.05) is 0 Å². The summed E-state index contributed by atoms with van der Waals surface area (Å²) in [5.74, 6) is -0.395. The number of fused-ring (bicyclic) bond motifs is 2. The maximum Gasteiger partial charge on any atom is 0.413 e. The lowest BCUT2D eigenvalue weighted by Gasteiger charge is -2.45. The number of rotatable bonds is 1. The summed E-state index contributed by atoms with van der Waals surface area (Å²) in [5.41, 5.74) is 4.54. The molecule has 6 heteroatoms. The van der Waals surface area contributed by atoms with Crippen molar-refractivity contribution in [2.75, 3.05) is 0 Å². The zero-order valence-corrected chi connectivity index (χ0v) is 12.6. The maximum atomic E-state index is 12.4. The number of ether oxygens (including phenoxy) is 2. The molecule has 6 nitrogen and oxygen atoms in total. The fourth-order valence-electron chi connectivity index (χ4n) is 3.28. The Morgan fingerprint density at radius 3 is 2.55 bits per heavy atom. The minimum atomic E-state index is -0.920. The molecule has 0 aromatic carbocycles. The van der Waals surface area contributed by atoms with Crippen molar-refractivity contribution in [1.29, 1.82) is 0 Å². The van der Waals surface area contributed by atoms with Gasteiger partial charge in [-0.15, -0.1) is 0 Å². The SMILES string of the molecule is CC(=O)OC12CCC(CC(N)C1)N2C(=O)OC(C)(C)C. The Labute approximate surface area is 119 Å². The maximum absolute atomic E-state index is 12.4. The molecule has 2 N–H and O–H groups in total. The second-order valence-electron chi connectivity index (χ2n) is 6.78. The van der Waals surface area contributed by atoms with E-state index in [1.807, 2.05) is 20.8 Å². The molecule has 114 valence electrons. The molecule has 0 radical (unpaired) electrons. The number of carbonyl (C=O) groups is 2. The molecular formula is C14H24N2O4. The Morgan fingerprint density at radius 2 is 2.00 bits per heavy atom. The lowest BCUT2D eigenvalue weighted by molar-refractivity contribution is -0.183. The normalized spacial score (nSPS) is 33.0. The molecule has 2 rings (SSSR count). The molecule has 20 heavy (non-hydrogen) atoms. The quantitative estimate of drug-likeness (QED) is 0.742. The average molecular weight is 284 g/mol. The highest BCUT2D eigenvalue weighted by atomic mass is 16.6. The van der Waals surface area contributed by atoms with Crippen LogP contribution in [0.1, 0.15) is 53.4 Å². The summed E-state index contributed by atoms with van der Waals surface area (Å²) in [6, 6.07) is -0.0616. The van der Waals surface area contributed by atoms with Crippen LogP contribution in [-0.2, 0) is 14.3 Å². The van der Waals surface area contributed by atoms with Crippen molar-refractivity contribution in [2.24, 2.45) is 5.73 Å². The summed E-state index contributed by atoms with van der Waals surface area (Å²) in [6.07, 6.45) is 2.20. The molecule has 0 aromatic heterocycles. The Balaban J connectivity index is 2.25. The topological polar surface area (TPSA) is 81.9 Å². The van der Waals surface area contributed by atoms with Gasteiger partial charge in [-0.25, -0.2) is 4.79 Å². The third-order valence-electron chi connectivity index (χ3n) is 3.75. The van der Waals surface area contributed by atoms with E-state index in [1.165, 1.54) is 6.92 Å². The number of piperidine rings is 1. The van der Waals surface area contributed by atoms with Gasteiger partial charge in [0, 0.05) is 31.8 Å². The first-order valence-corrected chi connectivity index (χ1v) is 7.10. The summed E-state index contributed by atoms with van der Waals surface area (Å²) in [5, 5.41) is 0. The van der Waals surface area contributed by atoms with Crippen LogP contribution in [0.25, 0.3) is 0 Å². The van der Waals surface area contributed by atoms with Crippen LogP contribution in [0.2, 0.25) is 0 Å². The van der Waals surface area contributed by atoms with Crippen molar-refractivity contribution in [3.8, 4) is 0 Å². The number of esters is 1. The number of amides is 1. The summed E-state index contributed by atoms with van der Waals surface area (Å²) >= 11 is 0. The van der Waals surface area contributed by atoms with Crippen molar-refractivity contribution < 1.29 is 19.1 Å². The standard InChI is InChI=1S/C14H24N2O4/c1-9(17)19-14-6-5-11(7-10(15)8-14)16(14)12(18)20-13(2,3)4/h10-11H,5-8,15H2,1-4H3. The van der Waals surface area contributed by atoms with Gasteiger partial charge in [0.05, 0.1) is 0 Å². The molecule has 3 atom stereocenters. The van der Waals surface area contributed by atoms with Crippen LogP contribution in [0.3, 0.4) is 0 Å². The van der Waals surface area contributed by atoms with Gasteiger partial charge < -0.3 is 15.2 Å². The molecular weight excluding hydrogens is 260 g/mol. The van der Waals surface area contributed by atoms with E-state index in [0.717, 1.165) is 12.8 Å². The van der Waals surface area contributed by atoms with E-state index in [9.17, 15) is 9.59 Å². The molecule has 3 unspecified atom stereocenters. The highest BCUT2D eigenvalue weighted by molar-refractivity contribution is 5.72. The van der Waals surface area contributed by atoms with Gasteiger partial charge in [0.2, 0.25) is 0 Å². The van der Waals surface area contributed by atoms with Gasteiger partial charge in [0.25, 0.3) is 0 Å². The van der Waals surface area contributed by atoms with Crippen LogP contribution < -0.4 is 5.73 Å². The van der Waals surface area contributed by atoms with Crippen LogP contribution in [0.4, 0.5) is 4.79 Å². The second-order valence-corrected chi connectivity index (χ2v) is 6.78. The van der Waals surface area contributed by atoms with E-state index in [4.69, 9.17) is 15.2 Å². The summed E-state index contributed by atoms with van der Waals surface area (Å²) in [7, 11) is 0. The predicted octanol–water partition coefficient (Wildman–Crippen LogP) is 1.77. The van der Waals surface area contributed by atoms with Crippen molar-refractivity contribution in [3.63, 3.8) is 0 Å². The Morgan fingerprint density at radius 1 is 1.35 bits per heavy atom. The molecule has 2 fully saturated rings. The molecule has 2 bridgehead atoms. The van der Waals surface area contributed by atoms with E-state index in [0.29, 0.717) is 12.8 Å². The van der Waals surface area contributed by atoms with E-state index < -0.39 is 23.4 Å². The largest absolute Gasteiger partial charge is 0.444 e. The smallest absolute Gasteiger partial charge is 0.413 e. The molecule has 0 spiro atoms. The minimum Gasteiger partial charge on any atom is -0.444 e. The molecule has 2 aliphatic heterocycles. The molecule has 0 aromatic rings. The number of carbonyl (C=O) groups excluding carboxylic acids is 2. The fourth-order valence-corrected chi connectivity index (χ4v) is 3.28. The first-order valence-electron chi connectivity index (χ1n) is 7.10. The summed E-state index contributed by atoms with van der Waals surface area (Å²) in [4.78, 5) is 25.5. The van der Waals surface area contributed by atoms with E-state index in [2.05, 4.69) is 0 Å². The van der Waals surface area contributed by atoms with E-state index in [1.54, 1.807) is 4.90 Å². The summed E-state index contributed by atoms with van der Waals surface area (Å²) < 4.78 is 10.9. The van der Waals surface area contributed by atoms with Gasteiger partial charge in [-0.05, 0) is 33.6 Å². The van der Waals surface area contributed by atoms with Crippen LogP contribution in [-0.4, -0.2) is 40.4 Å². The zero-order valence-electron chi connectivity index (χ0n) is 12.6. The first-order chi connectivity index (χ1) is 9.13. The molecule has 2 heterocycles. The fraction of sp³-hybridized carbons (Fsp3) is 0.857. The van der Waals surface area contributed by atoms with Crippen molar-refractivity contribution in [3.05, 3.63) is 0 Å². The third-order valence-corrected chi connectivity index (χ3v) is 3.75. The monoisotopic (exact) mass is 284 g/mol. The molecule has 2 aliphatic rings. The zero-order chi connectivity index (χ0) is 15.1. The van der Waals surface area contributed by atoms with Crippen LogP contribution in [0.15, 0.2) is 0 Å². The van der Waals surface area contributed by atoms with Crippen molar-refractivity contribution in [1.82, 2.24) is 4.90 Å². The number of hydrogen-bond donors (Lipinski definition) is 1. The van der Waals surface area contributed by atoms with E-state index in [-0.39, 0.29) is 12.1 Å². The number of nitrogens with zero attached hydrogens (tertiary/aromatic N) is 1. The second kappa shape index (κ2) is 4.91. The van der Waals surface area contributed by atoms with Gasteiger partial charge >= 0.3 is 12.1 Å². The van der Waals surface area contributed by atoms with Crippen LogP contribution in [0, 0.1) is 0 Å². The molecule has 2 saturated heterocycles. The number of nitrogens with two attached hydrogens (primary N) is 1. The highest BCUT2D eigenvalue weighted by Crippen LogP contribution is 2.45. The van der Waals surface area contributed by atoms with Crippen molar-refractivity contribution >= 4 is 12.1 Å². The van der Waals surface area contributed by atoms with Crippen LogP contribution >= 0.6 is 0 Å². The van der Waals surface area contributed by atoms with Crippen LogP contribution in [0.5, 0.6) is 0 Å². The molecule has 0 saturated carbocycles. The van der Waals surface area contributed by atoms with Gasteiger partial charge in [0.15, 0.2) is 5.72 Å². The Bertz CT molecular complexity index is 418. The minimum absolute atomic E-state index is 0.00653. The highest BCUT2D eigenvalue weighted by Gasteiger charge is 2.56. The molecule has 1 amide bonds. The summed E-state index contributed by atoms with van der Waals surface area (Å²) in [6.45, 7) is 6.82. The third kappa shape index (κ3) is 2.90. The molecule has 0 aliphatic carbocycles. The van der Waals surface area contributed by atoms with E-state index >= 15 is 0 Å².